The van der Waals surface area contributed by atoms with Gasteiger partial charge in [0, 0.05) is 18.2 Å². The fraction of sp³-hybridized carbons (Fsp3) is 0.667. The SMILES string of the molecule is COc1ccc(CNCC(C)C)c(OCCCC(C)C)c1. The van der Waals surface area contributed by atoms with E-state index in [2.05, 4.69) is 39.1 Å². The Kier molecular flexibility index (Phi) is 8.21. The van der Waals surface area contributed by atoms with Gasteiger partial charge in [-0.1, -0.05) is 33.8 Å². The first-order valence-electron chi connectivity index (χ1n) is 8.03. The Morgan fingerprint density at radius 1 is 1.10 bits per heavy atom. The van der Waals surface area contributed by atoms with E-state index in [9.17, 15) is 0 Å². The van der Waals surface area contributed by atoms with Crippen LogP contribution in [0.15, 0.2) is 18.2 Å². The monoisotopic (exact) mass is 293 g/mol. The highest BCUT2D eigenvalue weighted by Crippen LogP contribution is 2.25. The topological polar surface area (TPSA) is 30.5 Å². The van der Waals surface area contributed by atoms with Crippen LogP contribution in [0.5, 0.6) is 11.5 Å². The fourth-order valence-electron chi connectivity index (χ4n) is 2.11. The lowest BCUT2D eigenvalue weighted by atomic mass is 10.1. The molecule has 3 nitrogen and oxygen atoms in total. The zero-order chi connectivity index (χ0) is 15.7. The van der Waals surface area contributed by atoms with E-state index in [1.54, 1.807) is 7.11 Å². The average Bonchev–Trinajstić information content (AvgIpc) is 2.44. The van der Waals surface area contributed by atoms with Crippen LogP contribution in [0.4, 0.5) is 0 Å². The van der Waals surface area contributed by atoms with Crippen LogP contribution in [-0.4, -0.2) is 20.3 Å². The predicted molar refractivity (Wildman–Crippen MR) is 89.1 cm³/mol. The molecular formula is C18H31NO2. The standard InChI is InChI=1S/C18H31NO2/c1-14(2)7-6-10-21-18-11-17(20-5)9-8-16(18)13-19-12-15(3)4/h8-9,11,14-15,19H,6-7,10,12-13H2,1-5H3. The zero-order valence-electron chi connectivity index (χ0n) is 14.2. The second-order valence-electron chi connectivity index (χ2n) is 6.38. The maximum atomic E-state index is 5.97. The van der Waals surface area contributed by atoms with Crippen molar-refractivity contribution in [3.63, 3.8) is 0 Å². The van der Waals surface area contributed by atoms with Crippen LogP contribution in [0, 0.1) is 11.8 Å². The first-order chi connectivity index (χ1) is 10.0. The average molecular weight is 293 g/mol. The molecule has 0 heterocycles. The second-order valence-corrected chi connectivity index (χ2v) is 6.38. The number of nitrogens with one attached hydrogen (secondary N) is 1. The van der Waals surface area contributed by atoms with Gasteiger partial charge in [0.2, 0.25) is 0 Å². The Morgan fingerprint density at radius 3 is 2.48 bits per heavy atom. The molecule has 0 unspecified atom stereocenters. The molecule has 1 aromatic carbocycles. The predicted octanol–water partition coefficient (Wildman–Crippen LogP) is 4.26. The van der Waals surface area contributed by atoms with E-state index in [1.165, 1.54) is 12.0 Å². The Hall–Kier alpha value is -1.22. The molecule has 0 aliphatic heterocycles. The molecule has 120 valence electrons. The van der Waals surface area contributed by atoms with Gasteiger partial charge in [-0.05, 0) is 37.3 Å². The van der Waals surface area contributed by atoms with E-state index < -0.39 is 0 Å². The second kappa shape index (κ2) is 9.67. The summed E-state index contributed by atoms with van der Waals surface area (Å²) in [5.41, 5.74) is 1.20. The summed E-state index contributed by atoms with van der Waals surface area (Å²) in [5.74, 6) is 3.17. The minimum atomic E-state index is 0.652. The summed E-state index contributed by atoms with van der Waals surface area (Å²) in [7, 11) is 1.69. The molecule has 0 fully saturated rings. The highest BCUT2D eigenvalue weighted by atomic mass is 16.5. The van der Waals surface area contributed by atoms with Crippen LogP contribution in [0.25, 0.3) is 0 Å². The molecule has 1 N–H and O–H groups in total. The van der Waals surface area contributed by atoms with Crippen molar-refractivity contribution < 1.29 is 9.47 Å². The molecule has 1 aromatic rings. The van der Waals surface area contributed by atoms with Crippen molar-refractivity contribution in [1.29, 1.82) is 0 Å². The summed E-state index contributed by atoms with van der Waals surface area (Å²) in [4.78, 5) is 0. The molecule has 0 atom stereocenters. The zero-order valence-corrected chi connectivity index (χ0v) is 14.2. The van der Waals surface area contributed by atoms with E-state index in [0.717, 1.165) is 43.5 Å². The highest BCUT2D eigenvalue weighted by molar-refractivity contribution is 5.40. The molecule has 0 radical (unpaired) electrons. The molecule has 0 aliphatic rings. The molecule has 0 aliphatic carbocycles. The van der Waals surface area contributed by atoms with Gasteiger partial charge in [0.1, 0.15) is 11.5 Å². The van der Waals surface area contributed by atoms with Crippen molar-refractivity contribution in [1.82, 2.24) is 5.32 Å². The van der Waals surface area contributed by atoms with Crippen LogP contribution < -0.4 is 14.8 Å². The lowest BCUT2D eigenvalue weighted by Gasteiger charge is -2.15. The van der Waals surface area contributed by atoms with Gasteiger partial charge in [0.15, 0.2) is 0 Å². The number of rotatable bonds is 10. The van der Waals surface area contributed by atoms with Crippen LogP contribution in [0.3, 0.4) is 0 Å². The Morgan fingerprint density at radius 2 is 1.86 bits per heavy atom. The number of hydrogen-bond acceptors (Lipinski definition) is 3. The molecule has 0 bridgehead atoms. The minimum Gasteiger partial charge on any atom is -0.497 e. The van der Waals surface area contributed by atoms with Crippen molar-refractivity contribution in [3.8, 4) is 11.5 Å². The number of hydrogen-bond donors (Lipinski definition) is 1. The Balaban J connectivity index is 2.59. The Bertz CT molecular complexity index is 402. The lowest BCUT2D eigenvalue weighted by Crippen LogP contribution is -2.19. The number of benzene rings is 1. The summed E-state index contributed by atoms with van der Waals surface area (Å²) in [6.07, 6.45) is 2.29. The molecule has 3 heteroatoms. The quantitative estimate of drug-likeness (QED) is 0.654. The van der Waals surface area contributed by atoms with Gasteiger partial charge >= 0.3 is 0 Å². The molecule has 0 saturated heterocycles. The van der Waals surface area contributed by atoms with E-state index in [-0.39, 0.29) is 0 Å². The van der Waals surface area contributed by atoms with Gasteiger partial charge < -0.3 is 14.8 Å². The van der Waals surface area contributed by atoms with Gasteiger partial charge in [-0.2, -0.15) is 0 Å². The fourth-order valence-corrected chi connectivity index (χ4v) is 2.11. The van der Waals surface area contributed by atoms with Crippen molar-refractivity contribution >= 4 is 0 Å². The van der Waals surface area contributed by atoms with E-state index >= 15 is 0 Å². The van der Waals surface area contributed by atoms with Gasteiger partial charge in [-0.25, -0.2) is 0 Å². The van der Waals surface area contributed by atoms with Crippen LogP contribution in [0.2, 0.25) is 0 Å². The first kappa shape index (κ1) is 17.8. The number of ether oxygens (including phenoxy) is 2. The molecule has 21 heavy (non-hydrogen) atoms. The third kappa shape index (κ3) is 7.37. The summed E-state index contributed by atoms with van der Waals surface area (Å²) < 4.78 is 11.3. The summed E-state index contributed by atoms with van der Waals surface area (Å²) in [6.45, 7) is 11.5. The van der Waals surface area contributed by atoms with Crippen LogP contribution in [0.1, 0.15) is 46.1 Å². The molecule has 0 saturated carbocycles. The van der Waals surface area contributed by atoms with Gasteiger partial charge in [0.25, 0.3) is 0 Å². The summed E-state index contributed by atoms with van der Waals surface area (Å²) >= 11 is 0. The van der Waals surface area contributed by atoms with Gasteiger partial charge in [-0.15, -0.1) is 0 Å². The van der Waals surface area contributed by atoms with Gasteiger partial charge in [0.05, 0.1) is 13.7 Å². The summed E-state index contributed by atoms with van der Waals surface area (Å²) in [6, 6.07) is 6.07. The molecular weight excluding hydrogens is 262 g/mol. The molecule has 0 spiro atoms. The van der Waals surface area contributed by atoms with Gasteiger partial charge in [-0.3, -0.25) is 0 Å². The molecule has 1 rings (SSSR count). The van der Waals surface area contributed by atoms with Crippen molar-refractivity contribution in [2.75, 3.05) is 20.3 Å². The molecule has 0 aromatic heterocycles. The van der Waals surface area contributed by atoms with Crippen LogP contribution >= 0.6 is 0 Å². The van der Waals surface area contributed by atoms with Crippen LogP contribution in [-0.2, 0) is 6.54 Å². The van der Waals surface area contributed by atoms with Crippen molar-refractivity contribution in [3.05, 3.63) is 23.8 Å². The number of methoxy groups -OCH3 is 1. The van der Waals surface area contributed by atoms with Crippen molar-refractivity contribution in [2.24, 2.45) is 11.8 Å². The smallest absolute Gasteiger partial charge is 0.127 e. The third-order valence-corrected chi connectivity index (χ3v) is 3.33. The minimum absolute atomic E-state index is 0.652. The Labute approximate surface area is 130 Å². The van der Waals surface area contributed by atoms with E-state index in [1.807, 2.05) is 12.1 Å². The van der Waals surface area contributed by atoms with E-state index in [4.69, 9.17) is 9.47 Å². The highest BCUT2D eigenvalue weighted by Gasteiger charge is 2.07. The first-order valence-corrected chi connectivity index (χ1v) is 8.03. The van der Waals surface area contributed by atoms with E-state index in [0.29, 0.717) is 5.92 Å². The maximum Gasteiger partial charge on any atom is 0.127 e. The normalized spacial score (nSPS) is 11.2. The third-order valence-electron chi connectivity index (χ3n) is 3.33. The largest absolute Gasteiger partial charge is 0.497 e. The lowest BCUT2D eigenvalue weighted by molar-refractivity contribution is 0.292. The molecule has 0 amide bonds. The summed E-state index contributed by atoms with van der Waals surface area (Å²) in [5, 5.41) is 3.47. The van der Waals surface area contributed by atoms with Crippen molar-refractivity contribution in [2.45, 2.75) is 47.1 Å². The maximum absolute atomic E-state index is 5.97.